The highest BCUT2D eigenvalue weighted by Gasteiger charge is 2.28. The van der Waals surface area contributed by atoms with Crippen LogP contribution in [-0.4, -0.2) is 34.9 Å². The number of nitrogens with one attached hydrogen (secondary N) is 1. The molecule has 0 radical (unpaired) electrons. The number of phenols is 1. The number of carbonyl (C=O) groups is 2. The van der Waals surface area contributed by atoms with Crippen molar-refractivity contribution in [1.29, 1.82) is 0 Å². The maximum absolute atomic E-state index is 12.6. The number of unbranched alkanes of at least 4 members (excludes halogenated alkanes) is 2. The number of Topliss-reactive ketones (excluding diaryl/α,β-unsaturated/α-hetero) is 1. The zero-order chi connectivity index (χ0) is 20.6. The molecule has 5 nitrogen and oxygen atoms in total. The molecule has 1 saturated heterocycles. The number of amides is 2. The van der Waals surface area contributed by atoms with Crippen LogP contribution in [0.25, 0.3) is 0 Å². The number of aromatic hydroxyl groups is 1. The second-order valence-electron chi connectivity index (χ2n) is 7.76. The number of anilines is 1. The molecule has 0 atom stereocenters. The molecule has 0 bridgehead atoms. The van der Waals surface area contributed by atoms with Crippen molar-refractivity contribution in [1.82, 2.24) is 4.90 Å². The predicted octanol–water partition coefficient (Wildman–Crippen LogP) is 5.25. The molecular weight excluding hydrogens is 364 g/mol. The molecule has 2 aromatic carbocycles. The lowest BCUT2D eigenvalue weighted by Crippen LogP contribution is -2.42. The van der Waals surface area contributed by atoms with Gasteiger partial charge >= 0.3 is 6.03 Å². The Balaban J connectivity index is 1.47. The van der Waals surface area contributed by atoms with E-state index in [1.54, 1.807) is 17.0 Å². The first-order valence-electron chi connectivity index (χ1n) is 10.5. The minimum absolute atomic E-state index is 0.0778. The molecule has 1 aliphatic heterocycles. The molecule has 2 amide bonds. The smallest absolute Gasteiger partial charge is 0.321 e. The highest BCUT2D eigenvalue weighted by atomic mass is 16.3. The van der Waals surface area contributed by atoms with Crippen LogP contribution in [0.1, 0.15) is 54.9 Å². The van der Waals surface area contributed by atoms with Gasteiger partial charge in [-0.3, -0.25) is 4.79 Å². The van der Waals surface area contributed by atoms with Gasteiger partial charge in [0.1, 0.15) is 5.75 Å². The lowest BCUT2D eigenvalue weighted by Gasteiger charge is -2.31. The SMILES string of the molecule is CCCCCc1ccc(NC(=O)N2CCC(C(=O)c3ccc(O)cc3)CC2)cc1. The fourth-order valence-corrected chi connectivity index (χ4v) is 3.74. The molecule has 29 heavy (non-hydrogen) atoms. The predicted molar refractivity (Wildman–Crippen MR) is 115 cm³/mol. The third-order valence-electron chi connectivity index (χ3n) is 5.58. The molecule has 2 aromatic rings. The maximum atomic E-state index is 12.6. The van der Waals surface area contributed by atoms with Crippen LogP contribution in [0.2, 0.25) is 0 Å². The van der Waals surface area contributed by atoms with E-state index in [2.05, 4.69) is 24.4 Å². The summed E-state index contributed by atoms with van der Waals surface area (Å²) in [5.74, 6) is 0.164. The van der Waals surface area contributed by atoms with Crippen molar-refractivity contribution in [2.24, 2.45) is 5.92 Å². The minimum Gasteiger partial charge on any atom is -0.508 e. The summed E-state index contributed by atoms with van der Waals surface area (Å²) >= 11 is 0. The van der Waals surface area contributed by atoms with Crippen molar-refractivity contribution in [3.05, 3.63) is 59.7 Å². The number of piperidine rings is 1. The highest BCUT2D eigenvalue weighted by Crippen LogP contribution is 2.23. The topological polar surface area (TPSA) is 69.6 Å². The Labute approximate surface area is 172 Å². The Kier molecular flexibility index (Phi) is 7.28. The van der Waals surface area contributed by atoms with Crippen molar-refractivity contribution < 1.29 is 14.7 Å². The van der Waals surface area contributed by atoms with Gasteiger partial charge in [0, 0.05) is 30.3 Å². The monoisotopic (exact) mass is 394 g/mol. The number of urea groups is 1. The van der Waals surface area contributed by atoms with Crippen molar-refractivity contribution >= 4 is 17.5 Å². The fraction of sp³-hybridized carbons (Fsp3) is 0.417. The van der Waals surface area contributed by atoms with E-state index in [1.165, 1.54) is 37.0 Å². The summed E-state index contributed by atoms with van der Waals surface area (Å²) in [7, 11) is 0. The Hall–Kier alpha value is -2.82. The van der Waals surface area contributed by atoms with Gasteiger partial charge in [0.2, 0.25) is 0 Å². The van der Waals surface area contributed by atoms with Gasteiger partial charge in [-0.2, -0.15) is 0 Å². The first kappa shape index (κ1) is 20.9. The molecule has 3 rings (SSSR count). The van der Waals surface area contributed by atoms with Gasteiger partial charge in [-0.05, 0) is 67.6 Å². The number of likely N-dealkylation sites (tertiary alicyclic amines) is 1. The molecule has 1 aliphatic rings. The third kappa shape index (κ3) is 5.83. The van der Waals surface area contributed by atoms with Gasteiger partial charge in [-0.15, -0.1) is 0 Å². The molecule has 5 heteroatoms. The minimum atomic E-state index is -0.112. The van der Waals surface area contributed by atoms with E-state index < -0.39 is 0 Å². The molecule has 1 fully saturated rings. The van der Waals surface area contributed by atoms with Gasteiger partial charge < -0.3 is 15.3 Å². The standard InChI is InChI=1S/C24H30N2O3/c1-2-3-4-5-18-6-10-21(11-7-18)25-24(29)26-16-14-20(15-17-26)23(28)19-8-12-22(27)13-9-19/h6-13,20,27H,2-5,14-17H2,1H3,(H,25,29). The number of rotatable bonds is 7. The van der Waals surface area contributed by atoms with Crippen molar-refractivity contribution in [2.45, 2.75) is 45.4 Å². The molecule has 154 valence electrons. The number of nitrogens with zero attached hydrogens (tertiary/aromatic N) is 1. The summed E-state index contributed by atoms with van der Waals surface area (Å²) in [4.78, 5) is 26.9. The molecule has 0 spiro atoms. The number of aryl methyl sites for hydroxylation is 1. The molecule has 0 unspecified atom stereocenters. The van der Waals surface area contributed by atoms with Gasteiger partial charge in [0.25, 0.3) is 0 Å². The first-order valence-corrected chi connectivity index (χ1v) is 10.5. The van der Waals surface area contributed by atoms with Gasteiger partial charge in [0.15, 0.2) is 5.78 Å². The van der Waals surface area contributed by atoms with Crippen LogP contribution < -0.4 is 5.32 Å². The number of hydrogen-bond donors (Lipinski definition) is 2. The van der Waals surface area contributed by atoms with E-state index >= 15 is 0 Å². The van der Waals surface area contributed by atoms with Crippen LogP contribution in [0.3, 0.4) is 0 Å². The molecule has 2 N–H and O–H groups in total. The summed E-state index contributed by atoms with van der Waals surface area (Å²) in [6, 6.07) is 14.3. The van der Waals surface area contributed by atoms with E-state index in [0.717, 1.165) is 12.1 Å². The summed E-state index contributed by atoms with van der Waals surface area (Å²) in [6.07, 6.45) is 6.03. The van der Waals surface area contributed by atoms with Crippen LogP contribution in [0, 0.1) is 5.92 Å². The second kappa shape index (κ2) is 10.1. The number of phenolic OH excluding ortho intramolecular Hbond substituents is 1. The summed E-state index contributed by atoms with van der Waals surface area (Å²) in [5, 5.41) is 12.3. The molecular formula is C24H30N2O3. The summed E-state index contributed by atoms with van der Waals surface area (Å²) < 4.78 is 0. The molecule has 1 heterocycles. The highest BCUT2D eigenvalue weighted by molar-refractivity contribution is 5.98. The maximum Gasteiger partial charge on any atom is 0.321 e. The zero-order valence-corrected chi connectivity index (χ0v) is 17.1. The number of benzene rings is 2. The number of ketones is 1. The van der Waals surface area contributed by atoms with Crippen LogP contribution >= 0.6 is 0 Å². The summed E-state index contributed by atoms with van der Waals surface area (Å²) in [6.45, 7) is 3.33. The average molecular weight is 395 g/mol. The van der Waals surface area contributed by atoms with E-state index in [4.69, 9.17) is 0 Å². The first-order chi connectivity index (χ1) is 14.1. The molecule has 0 saturated carbocycles. The third-order valence-corrected chi connectivity index (χ3v) is 5.58. The Bertz CT molecular complexity index is 807. The van der Waals surface area contributed by atoms with E-state index in [-0.39, 0.29) is 23.5 Å². The zero-order valence-electron chi connectivity index (χ0n) is 17.1. The lowest BCUT2D eigenvalue weighted by atomic mass is 9.89. The average Bonchev–Trinajstić information content (AvgIpc) is 2.75. The van der Waals surface area contributed by atoms with Crippen molar-refractivity contribution in [3.63, 3.8) is 0 Å². The molecule has 0 aliphatic carbocycles. The molecule has 0 aromatic heterocycles. The Morgan fingerprint density at radius 3 is 2.28 bits per heavy atom. The van der Waals surface area contributed by atoms with Crippen LogP contribution in [0.5, 0.6) is 5.75 Å². The van der Waals surface area contributed by atoms with Gasteiger partial charge in [0.05, 0.1) is 0 Å². The van der Waals surface area contributed by atoms with Crippen molar-refractivity contribution in [2.75, 3.05) is 18.4 Å². The van der Waals surface area contributed by atoms with Crippen LogP contribution in [-0.2, 0) is 6.42 Å². The van der Waals surface area contributed by atoms with Crippen LogP contribution in [0.15, 0.2) is 48.5 Å². The van der Waals surface area contributed by atoms with Crippen LogP contribution in [0.4, 0.5) is 10.5 Å². The van der Waals surface area contributed by atoms with Gasteiger partial charge in [-0.25, -0.2) is 4.79 Å². The summed E-state index contributed by atoms with van der Waals surface area (Å²) in [5.41, 5.74) is 2.71. The Morgan fingerprint density at radius 2 is 1.66 bits per heavy atom. The number of hydrogen-bond acceptors (Lipinski definition) is 3. The second-order valence-corrected chi connectivity index (χ2v) is 7.76. The van der Waals surface area contributed by atoms with E-state index in [0.29, 0.717) is 31.5 Å². The van der Waals surface area contributed by atoms with Crippen molar-refractivity contribution in [3.8, 4) is 5.75 Å². The van der Waals surface area contributed by atoms with E-state index in [1.807, 2.05) is 12.1 Å². The lowest BCUT2D eigenvalue weighted by molar-refractivity contribution is 0.0859. The normalized spacial score (nSPS) is 14.6. The Morgan fingerprint density at radius 1 is 1.00 bits per heavy atom. The van der Waals surface area contributed by atoms with Gasteiger partial charge in [-0.1, -0.05) is 31.9 Å². The largest absolute Gasteiger partial charge is 0.508 e. The quantitative estimate of drug-likeness (QED) is 0.498. The number of carbonyl (C=O) groups excluding carboxylic acids is 2. The fourth-order valence-electron chi connectivity index (χ4n) is 3.74. The van der Waals surface area contributed by atoms with E-state index in [9.17, 15) is 14.7 Å².